The van der Waals surface area contributed by atoms with E-state index in [0.717, 1.165) is 11.1 Å². The van der Waals surface area contributed by atoms with Crippen molar-refractivity contribution in [3.05, 3.63) is 53.6 Å². The third kappa shape index (κ3) is 4.14. The molecule has 3 aliphatic rings. The van der Waals surface area contributed by atoms with Gasteiger partial charge in [-0.3, -0.25) is 14.4 Å². The van der Waals surface area contributed by atoms with E-state index < -0.39 is 29.1 Å². The molecule has 2 bridgehead atoms. The lowest BCUT2D eigenvalue weighted by molar-refractivity contribution is -0.143. The zero-order valence-corrected chi connectivity index (χ0v) is 22.2. The van der Waals surface area contributed by atoms with E-state index in [0.29, 0.717) is 36.6 Å². The lowest BCUT2D eigenvalue weighted by atomic mass is 9.66. The molecule has 3 aliphatic heterocycles. The van der Waals surface area contributed by atoms with Gasteiger partial charge in [0.1, 0.15) is 17.4 Å². The lowest BCUT2D eigenvalue weighted by Gasteiger charge is -2.33. The van der Waals surface area contributed by atoms with Crippen LogP contribution in [0.15, 0.2) is 42.5 Å². The van der Waals surface area contributed by atoms with E-state index in [4.69, 9.17) is 9.47 Å². The van der Waals surface area contributed by atoms with Crippen molar-refractivity contribution < 1.29 is 29.0 Å². The predicted octanol–water partition coefficient (Wildman–Crippen LogP) is 3.04. The van der Waals surface area contributed by atoms with Gasteiger partial charge in [0.05, 0.1) is 30.7 Å². The normalized spacial score (nSPS) is 29.3. The summed E-state index contributed by atoms with van der Waals surface area (Å²) in [6, 6.07) is 11.9. The molecule has 0 aromatic heterocycles. The number of benzene rings is 2. The van der Waals surface area contributed by atoms with Gasteiger partial charge in [-0.1, -0.05) is 12.1 Å². The highest BCUT2D eigenvalue weighted by atomic mass is 16.5. The van der Waals surface area contributed by atoms with Crippen molar-refractivity contribution >= 4 is 29.1 Å². The summed E-state index contributed by atoms with van der Waals surface area (Å²) in [6.45, 7) is 7.81. The zero-order valence-electron chi connectivity index (χ0n) is 22.2. The Kier molecular flexibility index (Phi) is 6.69. The van der Waals surface area contributed by atoms with Gasteiger partial charge in [0.25, 0.3) is 0 Å². The van der Waals surface area contributed by atoms with Crippen molar-refractivity contribution in [1.29, 1.82) is 0 Å². The van der Waals surface area contributed by atoms with Crippen molar-refractivity contribution in [3.63, 3.8) is 0 Å². The molecule has 202 valence electrons. The molecule has 3 N–H and O–H groups in total. The Labute approximate surface area is 222 Å². The van der Waals surface area contributed by atoms with E-state index in [1.807, 2.05) is 45.9 Å². The second-order valence-corrected chi connectivity index (χ2v) is 10.7. The van der Waals surface area contributed by atoms with E-state index in [1.54, 1.807) is 24.3 Å². The minimum atomic E-state index is -1.15. The van der Waals surface area contributed by atoms with Gasteiger partial charge in [-0.15, -0.1) is 0 Å². The Morgan fingerprint density at radius 3 is 2.53 bits per heavy atom. The van der Waals surface area contributed by atoms with Crippen LogP contribution in [0.1, 0.15) is 37.8 Å². The summed E-state index contributed by atoms with van der Waals surface area (Å²) in [6.07, 6.45) is 1.01. The van der Waals surface area contributed by atoms with Gasteiger partial charge in [-0.2, -0.15) is 0 Å². The van der Waals surface area contributed by atoms with E-state index >= 15 is 0 Å². The van der Waals surface area contributed by atoms with E-state index in [1.165, 1.54) is 4.90 Å². The van der Waals surface area contributed by atoms with Crippen LogP contribution in [0.3, 0.4) is 0 Å². The quantitative estimate of drug-likeness (QED) is 0.492. The van der Waals surface area contributed by atoms with Crippen LogP contribution in [-0.2, 0) is 19.1 Å². The molecule has 9 heteroatoms. The first-order valence-corrected chi connectivity index (χ1v) is 13.2. The molecule has 1 spiro atoms. The Morgan fingerprint density at radius 1 is 1.11 bits per heavy atom. The van der Waals surface area contributed by atoms with Gasteiger partial charge < -0.3 is 30.1 Å². The average molecular weight is 522 g/mol. The molecule has 0 radical (unpaired) electrons. The molecule has 9 nitrogen and oxygen atoms in total. The first-order chi connectivity index (χ1) is 18.1. The number of ether oxygens (including phenoxy) is 2. The van der Waals surface area contributed by atoms with Crippen LogP contribution in [0.5, 0.6) is 5.75 Å². The average Bonchev–Trinajstić information content (AvgIpc) is 3.44. The number of aryl methyl sites for hydroxylation is 2. The van der Waals surface area contributed by atoms with Crippen LogP contribution in [0, 0.1) is 25.7 Å². The number of aliphatic hydroxyl groups excluding tert-OH is 1. The number of nitrogens with one attached hydrogen (secondary N) is 2. The zero-order chi connectivity index (χ0) is 27.2. The van der Waals surface area contributed by atoms with Crippen molar-refractivity contribution in [2.45, 2.75) is 57.8 Å². The second-order valence-electron chi connectivity index (χ2n) is 10.7. The number of likely N-dealkylation sites (tertiary alicyclic amines) is 1. The molecule has 3 amide bonds. The monoisotopic (exact) mass is 521 g/mol. The van der Waals surface area contributed by atoms with Crippen molar-refractivity contribution in [3.8, 4) is 5.75 Å². The number of aliphatic hydroxyl groups is 1. The molecule has 38 heavy (non-hydrogen) atoms. The summed E-state index contributed by atoms with van der Waals surface area (Å²) in [4.78, 5) is 42.7. The third-order valence-electron chi connectivity index (χ3n) is 8.23. The molecule has 2 aromatic carbocycles. The number of fused-ring (bicyclic) bond motifs is 1. The molecular weight excluding hydrogens is 486 g/mol. The molecule has 5 atom stereocenters. The number of anilines is 2. The molecule has 3 saturated heterocycles. The minimum absolute atomic E-state index is 0.0186. The predicted molar refractivity (Wildman–Crippen MR) is 142 cm³/mol. The Morgan fingerprint density at radius 2 is 1.84 bits per heavy atom. The van der Waals surface area contributed by atoms with Gasteiger partial charge in [-0.05, 0) is 82.0 Å². The SMILES string of the molecule is CCOc1ccc(NC(=O)[C@@H]2[C@H]3C(=O)N(CCO)C(C(=O)Nc4cc(C)ccc4C)C34CC[C@@]2(C)O4)cc1. The van der Waals surface area contributed by atoms with Crippen molar-refractivity contribution in [2.24, 2.45) is 11.8 Å². The summed E-state index contributed by atoms with van der Waals surface area (Å²) in [7, 11) is 0. The summed E-state index contributed by atoms with van der Waals surface area (Å²) < 4.78 is 12.1. The Bertz CT molecular complexity index is 1260. The maximum absolute atomic E-state index is 13.8. The number of carbonyl (C=O) groups is 3. The molecule has 5 rings (SSSR count). The fourth-order valence-electron chi connectivity index (χ4n) is 6.57. The van der Waals surface area contributed by atoms with Gasteiger partial charge >= 0.3 is 0 Å². The van der Waals surface area contributed by atoms with Crippen molar-refractivity contribution in [2.75, 3.05) is 30.4 Å². The van der Waals surface area contributed by atoms with Crippen LogP contribution in [0.4, 0.5) is 11.4 Å². The first kappa shape index (κ1) is 26.2. The van der Waals surface area contributed by atoms with Crippen molar-refractivity contribution in [1.82, 2.24) is 4.90 Å². The molecule has 0 saturated carbocycles. The molecule has 2 unspecified atom stereocenters. The number of rotatable bonds is 8. The maximum Gasteiger partial charge on any atom is 0.250 e. The summed E-state index contributed by atoms with van der Waals surface area (Å²) in [5.41, 5.74) is 1.10. The highest BCUT2D eigenvalue weighted by molar-refractivity contribution is 6.05. The van der Waals surface area contributed by atoms with Crippen LogP contribution in [0.2, 0.25) is 0 Å². The smallest absolute Gasteiger partial charge is 0.250 e. The number of nitrogens with zero attached hydrogens (tertiary/aromatic N) is 1. The van der Waals surface area contributed by atoms with E-state index in [2.05, 4.69) is 10.6 Å². The molecule has 3 fully saturated rings. The highest BCUT2D eigenvalue weighted by Crippen LogP contribution is 2.63. The van der Waals surface area contributed by atoms with Crippen LogP contribution < -0.4 is 15.4 Å². The largest absolute Gasteiger partial charge is 0.494 e. The standard InChI is InChI=1S/C29H35N3O6/c1-5-37-20-10-8-19(9-11-20)30-25(34)22-23-27(36)32(14-15-33)24(29(23)13-12-28(22,4)38-29)26(35)31-21-16-17(2)6-7-18(21)3/h6-11,16,22-24,33H,5,12-15H2,1-4H3,(H,30,34)(H,31,35)/t22-,23-,24?,28+,29?/m0/s1. The fraction of sp³-hybridized carbons (Fsp3) is 0.483. The van der Waals surface area contributed by atoms with Gasteiger partial charge in [-0.25, -0.2) is 0 Å². The van der Waals surface area contributed by atoms with Crippen LogP contribution >= 0.6 is 0 Å². The van der Waals surface area contributed by atoms with Gasteiger partial charge in [0, 0.05) is 17.9 Å². The first-order valence-electron chi connectivity index (χ1n) is 13.2. The van der Waals surface area contributed by atoms with Crippen LogP contribution in [-0.4, -0.2) is 64.7 Å². The molecular formula is C29H35N3O6. The van der Waals surface area contributed by atoms with Gasteiger partial charge in [0.2, 0.25) is 17.7 Å². The van der Waals surface area contributed by atoms with E-state index in [9.17, 15) is 19.5 Å². The number of hydrogen-bond donors (Lipinski definition) is 3. The number of hydrogen-bond acceptors (Lipinski definition) is 6. The number of β-amino-alcohol motifs (C(OH)–C–C–N with tert-alkyl or cyclic N) is 1. The highest BCUT2D eigenvalue weighted by Gasteiger charge is 2.77. The molecule has 2 aromatic rings. The van der Waals surface area contributed by atoms with Crippen LogP contribution in [0.25, 0.3) is 0 Å². The third-order valence-corrected chi connectivity index (χ3v) is 8.23. The summed E-state index contributed by atoms with van der Waals surface area (Å²) in [5, 5.41) is 15.7. The number of amides is 3. The second kappa shape index (κ2) is 9.71. The van der Waals surface area contributed by atoms with E-state index in [-0.39, 0.29) is 30.9 Å². The topological polar surface area (TPSA) is 117 Å². The molecule has 3 heterocycles. The number of carbonyl (C=O) groups excluding carboxylic acids is 3. The Hall–Kier alpha value is -3.43. The Balaban J connectivity index is 1.45. The minimum Gasteiger partial charge on any atom is -0.494 e. The molecule has 0 aliphatic carbocycles. The maximum atomic E-state index is 13.8. The lowest BCUT2D eigenvalue weighted by Crippen LogP contribution is -2.53. The van der Waals surface area contributed by atoms with Gasteiger partial charge in [0.15, 0.2) is 0 Å². The fourth-order valence-corrected chi connectivity index (χ4v) is 6.57. The summed E-state index contributed by atoms with van der Waals surface area (Å²) >= 11 is 0. The summed E-state index contributed by atoms with van der Waals surface area (Å²) in [5.74, 6) is -1.95.